The van der Waals surface area contributed by atoms with Crippen molar-refractivity contribution in [1.29, 1.82) is 0 Å². The number of methoxy groups -OCH3 is 1. The van der Waals surface area contributed by atoms with Crippen molar-refractivity contribution < 1.29 is 24.9 Å². The molecule has 6 heteroatoms. The zero-order valence-electron chi connectivity index (χ0n) is 11.8. The first-order chi connectivity index (χ1) is 9.44. The highest BCUT2D eigenvalue weighted by atomic mass is 16.5. The van der Waals surface area contributed by atoms with Crippen LogP contribution in [-0.4, -0.2) is 47.2 Å². The van der Waals surface area contributed by atoms with Crippen LogP contribution in [0.1, 0.15) is 18.9 Å². The molecule has 0 amide bonds. The Balaban J connectivity index is 0.000000511. The molecule has 0 bridgehead atoms. The van der Waals surface area contributed by atoms with Gasteiger partial charge in [-0.1, -0.05) is 19.1 Å². The van der Waals surface area contributed by atoms with E-state index in [2.05, 4.69) is 0 Å². The lowest BCUT2D eigenvalue weighted by Crippen LogP contribution is -2.24. The van der Waals surface area contributed by atoms with Crippen molar-refractivity contribution >= 4 is 5.97 Å². The number of phenols is 1. The molecule has 0 fully saturated rings. The second-order valence-corrected chi connectivity index (χ2v) is 4.28. The van der Waals surface area contributed by atoms with Gasteiger partial charge in [0.25, 0.3) is 0 Å². The molecule has 114 valence electrons. The number of carboxylic acids is 1. The predicted molar refractivity (Wildman–Crippen MR) is 75.6 cm³/mol. The molecule has 0 aliphatic heterocycles. The predicted octanol–water partition coefficient (Wildman–Crippen LogP) is 0.750. The Labute approximate surface area is 118 Å². The van der Waals surface area contributed by atoms with Crippen LogP contribution in [0.5, 0.6) is 5.75 Å². The maximum Gasteiger partial charge on any atom is 0.333 e. The molecule has 5 N–H and O–H groups in total. The summed E-state index contributed by atoms with van der Waals surface area (Å²) in [6.07, 6.45) is 0.322. The van der Waals surface area contributed by atoms with Crippen LogP contribution in [0.15, 0.2) is 24.3 Å². The van der Waals surface area contributed by atoms with Crippen LogP contribution in [0.4, 0.5) is 0 Å². The van der Waals surface area contributed by atoms with Gasteiger partial charge >= 0.3 is 5.97 Å². The van der Waals surface area contributed by atoms with E-state index in [0.717, 1.165) is 12.0 Å². The summed E-state index contributed by atoms with van der Waals surface area (Å²) in [4.78, 5) is 10.6. The fourth-order valence-corrected chi connectivity index (χ4v) is 1.25. The summed E-state index contributed by atoms with van der Waals surface area (Å²) in [5.74, 6) is -0.821. The van der Waals surface area contributed by atoms with E-state index in [9.17, 15) is 4.79 Å². The van der Waals surface area contributed by atoms with Gasteiger partial charge in [-0.15, -0.1) is 0 Å². The molecule has 0 saturated carbocycles. The highest BCUT2D eigenvalue weighted by Gasteiger charge is 2.16. The van der Waals surface area contributed by atoms with Crippen molar-refractivity contribution in [2.24, 2.45) is 5.73 Å². The number of hydrogen-bond acceptors (Lipinski definition) is 5. The first-order valence-corrected chi connectivity index (χ1v) is 6.34. The molecule has 0 radical (unpaired) electrons. The zero-order chi connectivity index (χ0) is 15.5. The maximum atomic E-state index is 10.6. The number of aliphatic carboxylic acids is 1. The van der Waals surface area contributed by atoms with E-state index >= 15 is 0 Å². The molecule has 20 heavy (non-hydrogen) atoms. The van der Waals surface area contributed by atoms with Gasteiger partial charge in [-0.3, -0.25) is 0 Å². The number of ether oxygens (including phenoxy) is 1. The van der Waals surface area contributed by atoms with Gasteiger partial charge in [0.1, 0.15) is 5.75 Å². The Bertz CT molecular complexity index is 376. The van der Waals surface area contributed by atoms with Crippen molar-refractivity contribution in [2.45, 2.75) is 31.9 Å². The smallest absolute Gasteiger partial charge is 0.333 e. The summed E-state index contributed by atoms with van der Waals surface area (Å²) in [6, 6.07) is 6.37. The normalized spacial score (nSPS) is 13.0. The van der Waals surface area contributed by atoms with Gasteiger partial charge in [-0.2, -0.15) is 0 Å². The van der Waals surface area contributed by atoms with Crippen LogP contribution >= 0.6 is 0 Å². The van der Waals surface area contributed by atoms with E-state index in [1.54, 1.807) is 12.1 Å². The standard InChI is InChI=1S/C10H12O4.C4H11NO/c1-14-9(10(12)13)6-7-2-4-8(11)5-3-7;1-2-4(5)3-6/h2-5,9,11H,6H2,1H3,(H,12,13);4,6H,2-3,5H2,1H3/t9-;4-/m00/s1. The highest BCUT2D eigenvalue weighted by Crippen LogP contribution is 2.12. The molecule has 0 aliphatic carbocycles. The lowest BCUT2D eigenvalue weighted by atomic mass is 10.1. The monoisotopic (exact) mass is 285 g/mol. The fraction of sp³-hybridized carbons (Fsp3) is 0.500. The first-order valence-electron chi connectivity index (χ1n) is 6.34. The third kappa shape index (κ3) is 7.73. The van der Waals surface area contributed by atoms with E-state index in [1.807, 2.05) is 6.92 Å². The summed E-state index contributed by atoms with van der Waals surface area (Å²) >= 11 is 0. The minimum absolute atomic E-state index is 0.00926. The number of aliphatic hydroxyl groups is 1. The van der Waals surface area contributed by atoms with Gasteiger partial charge in [-0.25, -0.2) is 4.79 Å². The van der Waals surface area contributed by atoms with Crippen LogP contribution in [0, 0.1) is 0 Å². The van der Waals surface area contributed by atoms with Crippen molar-refractivity contribution in [3.63, 3.8) is 0 Å². The Hall–Kier alpha value is -1.63. The topological polar surface area (TPSA) is 113 Å². The number of phenolic OH excluding ortho intramolecular Hbond substituents is 1. The number of hydrogen-bond donors (Lipinski definition) is 4. The molecule has 1 aromatic carbocycles. The SMILES string of the molecule is CC[C@H](N)CO.CO[C@@H](Cc1ccc(O)cc1)C(=O)O. The number of nitrogens with two attached hydrogens (primary N) is 1. The molecule has 0 aromatic heterocycles. The molecular formula is C14H23NO5. The van der Waals surface area contributed by atoms with E-state index in [1.165, 1.54) is 19.2 Å². The number of carboxylic acid groups (broad SMARTS) is 1. The average Bonchev–Trinajstić information content (AvgIpc) is 2.46. The zero-order valence-corrected chi connectivity index (χ0v) is 11.8. The maximum absolute atomic E-state index is 10.6. The van der Waals surface area contributed by atoms with Gasteiger partial charge < -0.3 is 25.8 Å². The van der Waals surface area contributed by atoms with Gasteiger partial charge in [-0.05, 0) is 24.1 Å². The summed E-state index contributed by atoms with van der Waals surface area (Å²) < 4.78 is 4.78. The van der Waals surface area contributed by atoms with Crippen LogP contribution in [0.25, 0.3) is 0 Å². The van der Waals surface area contributed by atoms with Gasteiger partial charge in [0.05, 0.1) is 6.61 Å². The molecule has 0 saturated heterocycles. The summed E-state index contributed by atoms with van der Waals surface area (Å²) in [5.41, 5.74) is 6.04. The summed E-state index contributed by atoms with van der Waals surface area (Å²) in [5, 5.41) is 25.9. The molecule has 1 aromatic rings. The third-order valence-corrected chi connectivity index (χ3v) is 2.68. The van der Waals surface area contributed by atoms with E-state index < -0.39 is 12.1 Å². The third-order valence-electron chi connectivity index (χ3n) is 2.68. The first kappa shape index (κ1) is 18.4. The molecule has 0 unspecified atom stereocenters. The van der Waals surface area contributed by atoms with Crippen LogP contribution < -0.4 is 5.73 Å². The van der Waals surface area contributed by atoms with E-state index in [0.29, 0.717) is 6.42 Å². The molecule has 0 aliphatic rings. The molecule has 0 spiro atoms. The minimum Gasteiger partial charge on any atom is -0.508 e. The second-order valence-electron chi connectivity index (χ2n) is 4.28. The number of rotatable bonds is 6. The van der Waals surface area contributed by atoms with Crippen molar-refractivity contribution in [3.05, 3.63) is 29.8 Å². The van der Waals surface area contributed by atoms with E-state index in [4.69, 9.17) is 25.8 Å². The molecule has 6 nitrogen and oxygen atoms in total. The van der Waals surface area contributed by atoms with Gasteiger partial charge in [0.2, 0.25) is 0 Å². The van der Waals surface area contributed by atoms with Gasteiger partial charge in [0.15, 0.2) is 6.10 Å². The number of aliphatic hydroxyl groups excluding tert-OH is 1. The Morgan fingerprint density at radius 1 is 1.35 bits per heavy atom. The quantitative estimate of drug-likeness (QED) is 0.613. The van der Waals surface area contributed by atoms with Crippen molar-refractivity contribution in [2.75, 3.05) is 13.7 Å². The molecule has 1 rings (SSSR count). The van der Waals surface area contributed by atoms with Crippen molar-refractivity contribution in [3.8, 4) is 5.75 Å². The Kier molecular flexibility index (Phi) is 9.36. The number of benzene rings is 1. The molecule has 2 atom stereocenters. The van der Waals surface area contributed by atoms with Crippen molar-refractivity contribution in [1.82, 2.24) is 0 Å². The number of aromatic hydroxyl groups is 1. The lowest BCUT2D eigenvalue weighted by molar-refractivity contribution is -0.148. The van der Waals surface area contributed by atoms with E-state index in [-0.39, 0.29) is 18.4 Å². The van der Waals surface area contributed by atoms with Crippen LogP contribution in [0.3, 0.4) is 0 Å². The fourth-order valence-electron chi connectivity index (χ4n) is 1.25. The second kappa shape index (κ2) is 10.2. The highest BCUT2D eigenvalue weighted by molar-refractivity contribution is 5.72. The lowest BCUT2D eigenvalue weighted by Gasteiger charge is -2.09. The average molecular weight is 285 g/mol. The van der Waals surface area contributed by atoms with Gasteiger partial charge in [0, 0.05) is 19.6 Å². The summed E-state index contributed by atoms with van der Waals surface area (Å²) in [7, 11) is 1.36. The largest absolute Gasteiger partial charge is 0.508 e. The minimum atomic E-state index is -0.986. The Morgan fingerprint density at radius 2 is 1.90 bits per heavy atom. The summed E-state index contributed by atoms with van der Waals surface area (Å²) in [6.45, 7) is 2.05. The Morgan fingerprint density at radius 3 is 2.20 bits per heavy atom. The van der Waals surface area contributed by atoms with Crippen LogP contribution in [-0.2, 0) is 16.0 Å². The molecule has 0 heterocycles. The van der Waals surface area contributed by atoms with Crippen LogP contribution in [0.2, 0.25) is 0 Å². The number of carbonyl (C=O) groups is 1. The molecular weight excluding hydrogens is 262 g/mol.